The Hall–Kier alpha value is -1.85. The summed E-state index contributed by atoms with van der Waals surface area (Å²) in [5, 5.41) is 5.68. The van der Waals surface area contributed by atoms with Gasteiger partial charge in [-0.2, -0.15) is 0 Å². The van der Waals surface area contributed by atoms with Gasteiger partial charge >= 0.3 is 0 Å². The number of hydrogen-bond donors (Lipinski definition) is 1. The lowest BCUT2D eigenvalue weighted by Gasteiger charge is -2.10. The van der Waals surface area contributed by atoms with E-state index in [0.29, 0.717) is 6.61 Å². The van der Waals surface area contributed by atoms with Gasteiger partial charge in [-0.3, -0.25) is 4.57 Å². The van der Waals surface area contributed by atoms with Crippen LogP contribution in [0, 0.1) is 0 Å². The van der Waals surface area contributed by atoms with Crippen LogP contribution in [0.25, 0.3) is 16.5 Å². The van der Waals surface area contributed by atoms with Crippen LogP contribution >= 0.6 is 15.9 Å². The molecule has 0 radical (unpaired) electrons. The lowest BCUT2D eigenvalue weighted by molar-refractivity contribution is 0.210. The first kappa shape index (κ1) is 14.1. The van der Waals surface area contributed by atoms with Gasteiger partial charge in [0.2, 0.25) is 5.95 Å². The molecule has 1 N–H and O–H groups in total. The zero-order chi connectivity index (χ0) is 14.7. The summed E-state index contributed by atoms with van der Waals surface area (Å²) >= 11 is 3.50. The summed E-state index contributed by atoms with van der Waals surface area (Å²) in [6, 6.07) is 12.7. The summed E-state index contributed by atoms with van der Waals surface area (Å²) in [5.74, 6) is 0.823. The Bertz CT molecular complexity index is 754. The number of ether oxygens (including phenoxy) is 1. The van der Waals surface area contributed by atoms with E-state index < -0.39 is 0 Å². The predicted octanol–water partition coefficient (Wildman–Crippen LogP) is 3.85. The van der Waals surface area contributed by atoms with Crippen molar-refractivity contribution < 1.29 is 4.74 Å². The molecule has 0 atom stereocenters. The van der Waals surface area contributed by atoms with Crippen LogP contribution in [0.3, 0.4) is 0 Å². The maximum atomic E-state index is 5.05. The standard InChI is InChI=1S/C16H16BrN3O/c1-21-9-7-19-16-18-6-8-20(16)15-5-3-12-10-14(17)4-2-13(12)11-15/h2-6,8,10-11H,7,9H2,1H3,(H,18,19). The molecule has 0 aliphatic rings. The summed E-state index contributed by atoms with van der Waals surface area (Å²) in [4.78, 5) is 4.35. The number of aromatic nitrogens is 2. The average Bonchev–Trinajstić information content (AvgIpc) is 2.95. The number of imidazole rings is 1. The highest BCUT2D eigenvalue weighted by Crippen LogP contribution is 2.23. The van der Waals surface area contributed by atoms with Gasteiger partial charge in [0.15, 0.2) is 0 Å². The lowest BCUT2D eigenvalue weighted by atomic mass is 10.1. The van der Waals surface area contributed by atoms with Crippen LogP contribution in [0.5, 0.6) is 0 Å². The summed E-state index contributed by atoms with van der Waals surface area (Å²) in [6.45, 7) is 1.38. The number of anilines is 1. The first-order valence-electron chi connectivity index (χ1n) is 6.74. The van der Waals surface area contributed by atoms with E-state index in [2.05, 4.69) is 62.6 Å². The topological polar surface area (TPSA) is 39.1 Å². The number of nitrogens with one attached hydrogen (secondary N) is 1. The molecule has 0 bridgehead atoms. The van der Waals surface area contributed by atoms with Crippen molar-refractivity contribution in [3.05, 3.63) is 53.3 Å². The Labute approximate surface area is 131 Å². The highest BCUT2D eigenvalue weighted by atomic mass is 79.9. The van der Waals surface area contributed by atoms with E-state index in [1.54, 1.807) is 13.3 Å². The van der Waals surface area contributed by atoms with Crippen molar-refractivity contribution in [1.29, 1.82) is 0 Å². The Balaban J connectivity index is 1.93. The first-order chi connectivity index (χ1) is 10.3. The zero-order valence-corrected chi connectivity index (χ0v) is 13.3. The Kier molecular flexibility index (Phi) is 4.22. The third-order valence-electron chi connectivity index (χ3n) is 3.29. The van der Waals surface area contributed by atoms with Crippen LogP contribution in [0.2, 0.25) is 0 Å². The van der Waals surface area contributed by atoms with Crippen molar-refractivity contribution in [2.45, 2.75) is 0 Å². The smallest absolute Gasteiger partial charge is 0.207 e. The molecule has 1 aromatic heterocycles. The maximum Gasteiger partial charge on any atom is 0.207 e. The van der Waals surface area contributed by atoms with Crippen LogP contribution in [-0.4, -0.2) is 29.8 Å². The highest BCUT2D eigenvalue weighted by Gasteiger charge is 2.05. The van der Waals surface area contributed by atoms with Crippen molar-refractivity contribution in [2.75, 3.05) is 25.6 Å². The average molecular weight is 346 g/mol. The molecule has 21 heavy (non-hydrogen) atoms. The van der Waals surface area contributed by atoms with Gasteiger partial charge < -0.3 is 10.1 Å². The Morgan fingerprint density at radius 3 is 2.86 bits per heavy atom. The first-order valence-corrected chi connectivity index (χ1v) is 7.53. The van der Waals surface area contributed by atoms with Crippen LogP contribution in [0.15, 0.2) is 53.3 Å². The summed E-state index contributed by atoms with van der Waals surface area (Å²) < 4.78 is 8.18. The number of rotatable bonds is 5. The quantitative estimate of drug-likeness (QED) is 0.714. The minimum absolute atomic E-state index is 0.651. The van der Waals surface area contributed by atoms with Gasteiger partial charge in [-0.1, -0.05) is 28.1 Å². The molecule has 0 saturated heterocycles. The van der Waals surface area contributed by atoms with Gasteiger partial charge in [0, 0.05) is 36.2 Å². The van der Waals surface area contributed by atoms with Gasteiger partial charge in [0.25, 0.3) is 0 Å². The molecule has 0 fully saturated rings. The van der Waals surface area contributed by atoms with E-state index in [1.165, 1.54) is 10.8 Å². The van der Waals surface area contributed by atoms with Gasteiger partial charge in [0.1, 0.15) is 0 Å². The van der Waals surface area contributed by atoms with E-state index in [4.69, 9.17) is 4.74 Å². The monoisotopic (exact) mass is 345 g/mol. The van der Waals surface area contributed by atoms with Gasteiger partial charge in [0.05, 0.1) is 6.61 Å². The molecule has 2 aromatic carbocycles. The normalized spacial score (nSPS) is 11.0. The second-order valence-electron chi connectivity index (χ2n) is 4.72. The second kappa shape index (κ2) is 6.28. The fourth-order valence-electron chi connectivity index (χ4n) is 2.26. The predicted molar refractivity (Wildman–Crippen MR) is 89.1 cm³/mol. The van der Waals surface area contributed by atoms with Crippen molar-refractivity contribution >= 4 is 32.7 Å². The van der Waals surface area contributed by atoms with Crippen molar-refractivity contribution in [2.24, 2.45) is 0 Å². The summed E-state index contributed by atoms with van der Waals surface area (Å²) in [5.41, 5.74) is 1.09. The maximum absolute atomic E-state index is 5.05. The number of methoxy groups -OCH3 is 1. The van der Waals surface area contributed by atoms with E-state index in [-0.39, 0.29) is 0 Å². The summed E-state index contributed by atoms with van der Waals surface area (Å²) in [6.07, 6.45) is 3.75. The van der Waals surface area contributed by atoms with E-state index >= 15 is 0 Å². The molecule has 0 unspecified atom stereocenters. The second-order valence-corrected chi connectivity index (χ2v) is 5.63. The number of benzene rings is 2. The van der Waals surface area contributed by atoms with Gasteiger partial charge in [-0.15, -0.1) is 0 Å². The minimum Gasteiger partial charge on any atom is -0.383 e. The van der Waals surface area contributed by atoms with Crippen molar-refractivity contribution in [1.82, 2.24) is 9.55 Å². The molecule has 108 valence electrons. The molecule has 3 rings (SSSR count). The van der Waals surface area contributed by atoms with Crippen molar-refractivity contribution in [3.8, 4) is 5.69 Å². The third kappa shape index (κ3) is 3.09. The lowest BCUT2D eigenvalue weighted by Crippen LogP contribution is -2.11. The van der Waals surface area contributed by atoms with Gasteiger partial charge in [-0.05, 0) is 35.0 Å². The molecular formula is C16H16BrN3O. The number of nitrogens with zero attached hydrogens (tertiary/aromatic N) is 2. The van der Waals surface area contributed by atoms with E-state index in [0.717, 1.165) is 22.7 Å². The minimum atomic E-state index is 0.651. The molecule has 4 nitrogen and oxygen atoms in total. The fraction of sp³-hybridized carbons (Fsp3) is 0.188. The molecule has 0 aliphatic heterocycles. The van der Waals surface area contributed by atoms with Crippen LogP contribution in [-0.2, 0) is 4.74 Å². The van der Waals surface area contributed by atoms with E-state index in [1.807, 2.05) is 10.8 Å². The van der Waals surface area contributed by atoms with Gasteiger partial charge in [-0.25, -0.2) is 4.98 Å². The Morgan fingerprint density at radius 2 is 2.00 bits per heavy atom. The van der Waals surface area contributed by atoms with Crippen LogP contribution < -0.4 is 5.32 Å². The van der Waals surface area contributed by atoms with Crippen molar-refractivity contribution in [3.63, 3.8) is 0 Å². The third-order valence-corrected chi connectivity index (χ3v) is 3.79. The van der Waals surface area contributed by atoms with Crippen LogP contribution in [0.4, 0.5) is 5.95 Å². The molecule has 0 amide bonds. The summed E-state index contributed by atoms with van der Waals surface area (Å²) in [7, 11) is 1.69. The SMILES string of the molecule is COCCNc1nccn1-c1ccc2cc(Br)ccc2c1. The largest absolute Gasteiger partial charge is 0.383 e. The Morgan fingerprint density at radius 1 is 1.19 bits per heavy atom. The molecule has 1 heterocycles. The highest BCUT2D eigenvalue weighted by molar-refractivity contribution is 9.10. The zero-order valence-electron chi connectivity index (χ0n) is 11.7. The number of halogens is 1. The van der Waals surface area contributed by atoms with E-state index in [9.17, 15) is 0 Å². The molecular weight excluding hydrogens is 330 g/mol. The molecule has 0 aliphatic carbocycles. The molecule has 0 spiro atoms. The molecule has 5 heteroatoms. The number of fused-ring (bicyclic) bond motifs is 1. The molecule has 3 aromatic rings. The fourth-order valence-corrected chi connectivity index (χ4v) is 2.64. The van der Waals surface area contributed by atoms with Crippen LogP contribution in [0.1, 0.15) is 0 Å². The molecule has 0 saturated carbocycles. The number of hydrogen-bond acceptors (Lipinski definition) is 3.